The van der Waals surface area contributed by atoms with Crippen molar-refractivity contribution in [3.63, 3.8) is 0 Å². The van der Waals surface area contributed by atoms with Crippen molar-refractivity contribution < 1.29 is 9.47 Å². The Bertz CT molecular complexity index is 559. The van der Waals surface area contributed by atoms with Crippen LogP contribution in [0.4, 0.5) is 0 Å². The largest absolute Gasteiger partial charge is 0.486 e. The zero-order chi connectivity index (χ0) is 13.8. The number of aromatic nitrogens is 1. The molecule has 1 aliphatic rings. The van der Waals surface area contributed by atoms with Crippen molar-refractivity contribution >= 4 is 0 Å². The maximum absolute atomic E-state index is 5.92. The number of fused-ring (bicyclic) bond motifs is 1. The molecule has 1 aliphatic heterocycles. The average molecular weight is 270 g/mol. The van der Waals surface area contributed by atoms with Crippen molar-refractivity contribution in [1.82, 2.24) is 10.3 Å². The van der Waals surface area contributed by atoms with Gasteiger partial charge in [0.15, 0.2) is 11.5 Å². The highest BCUT2D eigenvalue weighted by atomic mass is 16.6. The minimum absolute atomic E-state index is 0.0315. The molecule has 4 heteroatoms. The van der Waals surface area contributed by atoms with Gasteiger partial charge >= 0.3 is 0 Å². The molecule has 0 fully saturated rings. The summed E-state index contributed by atoms with van der Waals surface area (Å²) in [5.74, 6) is 1.64. The van der Waals surface area contributed by atoms with Gasteiger partial charge in [0.25, 0.3) is 0 Å². The molecule has 20 heavy (non-hydrogen) atoms. The summed E-state index contributed by atoms with van der Waals surface area (Å²) in [4.78, 5) is 4.13. The number of ether oxygens (including phenoxy) is 2. The molecule has 1 N–H and O–H groups in total. The van der Waals surface area contributed by atoms with Crippen LogP contribution in [0, 0.1) is 0 Å². The molecule has 0 amide bonds. The predicted molar refractivity (Wildman–Crippen MR) is 77.0 cm³/mol. The number of benzene rings is 1. The van der Waals surface area contributed by atoms with Crippen molar-refractivity contribution in [1.29, 1.82) is 0 Å². The quantitative estimate of drug-likeness (QED) is 0.927. The van der Waals surface area contributed by atoms with E-state index in [-0.39, 0.29) is 12.1 Å². The molecule has 104 valence electrons. The fourth-order valence-corrected chi connectivity index (χ4v) is 2.22. The lowest BCUT2D eigenvalue weighted by Gasteiger charge is -2.27. The first-order valence-electron chi connectivity index (χ1n) is 6.85. The second-order valence-electron chi connectivity index (χ2n) is 4.91. The van der Waals surface area contributed by atoms with Gasteiger partial charge in [-0.3, -0.25) is 4.98 Å². The number of pyridine rings is 1. The molecule has 2 heterocycles. The van der Waals surface area contributed by atoms with Crippen LogP contribution in [0.3, 0.4) is 0 Å². The summed E-state index contributed by atoms with van der Waals surface area (Å²) in [6, 6.07) is 12.0. The first kappa shape index (κ1) is 12.9. The lowest BCUT2D eigenvalue weighted by molar-refractivity contribution is 0.0886. The van der Waals surface area contributed by atoms with Gasteiger partial charge < -0.3 is 14.8 Å². The van der Waals surface area contributed by atoms with Crippen LogP contribution in [0.25, 0.3) is 0 Å². The fourth-order valence-electron chi connectivity index (χ4n) is 2.22. The Balaban J connectivity index is 1.55. The van der Waals surface area contributed by atoms with Crippen LogP contribution in [0.1, 0.15) is 18.5 Å². The van der Waals surface area contributed by atoms with E-state index < -0.39 is 0 Å². The standard InChI is InChI=1S/C16H18N2O2/c1-12(13-5-4-8-17-9-13)18-10-14-11-19-15-6-2-3-7-16(15)20-14/h2-9,12,14,18H,10-11H2,1H3/t12-,14-/m1/s1. The highest BCUT2D eigenvalue weighted by molar-refractivity contribution is 5.40. The van der Waals surface area contributed by atoms with Crippen molar-refractivity contribution in [2.45, 2.75) is 19.1 Å². The molecule has 0 unspecified atom stereocenters. The van der Waals surface area contributed by atoms with E-state index in [0.717, 1.165) is 18.0 Å². The Hall–Kier alpha value is -2.07. The first-order chi connectivity index (χ1) is 9.83. The van der Waals surface area contributed by atoms with Gasteiger partial charge in [-0.2, -0.15) is 0 Å². The third-order valence-electron chi connectivity index (χ3n) is 3.40. The van der Waals surface area contributed by atoms with Crippen molar-refractivity contribution in [2.24, 2.45) is 0 Å². The van der Waals surface area contributed by atoms with Gasteiger partial charge in [0.2, 0.25) is 0 Å². The SMILES string of the molecule is C[C@@H](NC[C@@H]1COc2ccccc2O1)c1cccnc1. The third kappa shape index (κ3) is 2.91. The minimum Gasteiger partial charge on any atom is -0.486 e. The molecule has 1 aromatic heterocycles. The summed E-state index contributed by atoms with van der Waals surface area (Å²) in [6.45, 7) is 3.43. The van der Waals surface area contributed by atoms with Crippen LogP contribution in [0.15, 0.2) is 48.8 Å². The van der Waals surface area contributed by atoms with Crippen LogP contribution in [-0.4, -0.2) is 24.2 Å². The molecular formula is C16H18N2O2. The molecule has 0 radical (unpaired) electrons. The van der Waals surface area contributed by atoms with E-state index in [1.54, 1.807) is 6.20 Å². The monoisotopic (exact) mass is 270 g/mol. The number of nitrogens with zero attached hydrogens (tertiary/aromatic N) is 1. The van der Waals surface area contributed by atoms with E-state index in [2.05, 4.69) is 23.3 Å². The summed E-state index contributed by atoms with van der Waals surface area (Å²) in [5, 5.41) is 3.45. The molecular weight excluding hydrogens is 252 g/mol. The summed E-state index contributed by atoms with van der Waals surface area (Å²) in [5.41, 5.74) is 1.17. The molecule has 0 bridgehead atoms. The minimum atomic E-state index is 0.0315. The third-order valence-corrected chi connectivity index (χ3v) is 3.40. The Morgan fingerprint density at radius 2 is 2.10 bits per heavy atom. The van der Waals surface area contributed by atoms with Gasteiger partial charge in [-0.1, -0.05) is 18.2 Å². The maximum atomic E-state index is 5.92. The molecule has 0 saturated carbocycles. The zero-order valence-corrected chi connectivity index (χ0v) is 11.5. The second kappa shape index (κ2) is 5.92. The maximum Gasteiger partial charge on any atom is 0.161 e. The molecule has 2 aromatic rings. The molecule has 3 rings (SSSR count). The summed E-state index contributed by atoms with van der Waals surface area (Å²) in [7, 11) is 0. The van der Waals surface area contributed by atoms with Gasteiger partial charge in [0, 0.05) is 25.0 Å². The Labute approximate surface area is 118 Å². The van der Waals surface area contributed by atoms with Crippen LogP contribution in [0.2, 0.25) is 0 Å². The molecule has 0 saturated heterocycles. The molecule has 4 nitrogen and oxygen atoms in total. The van der Waals surface area contributed by atoms with Crippen LogP contribution >= 0.6 is 0 Å². The Morgan fingerprint density at radius 1 is 1.25 bits per heavy atom. The summed E-state index contributed by atoms with van der Waals surface area (Å²) >= 11 is 0. The normalized spacial score (nSPS) is 18.6. The van der Waals surface area contributed by atoms with Crippen molar-refractivity contribution in [2.75, 3.05) is 13.2 Å². The lowest BCUT2D eigenvalue weighted by Crippen LogP contribution is -2.39. The highest BCUT2D eigenvalue weighted by Gasteiger charge is 2.20. The van der Waals surface area contributed by atoms with Crippen molar-refractivity contribution in [3.05, 3.63) is 54.4 Å². The van der Waals surface area contributed by atoms with Crippen LogP contribution in [-0.2, 0) is 0 Å². The predicted octanol–water partition coefficient (Wildman–Crippen LogP) is 2.57. The average Bonchev–Trinajstić information content (AvgIpc) is 2.53. The molecule has 0 spiro atoms. The molecule has 2 atom stereocenters. The van der Waals surface area contributed by atoms with E-state index in [1.807, 2.05) is 36.5 Å². The zero-order valence-electron chi connectivity index (χ0n) is 11.5. The van der Waals surface area contributed by atoms with Gasteiger partial charge in [-0.05, 0) is 30.7 Å². The summed E-state index contributed by atoms with van der Waals surface area (Å²) in [6.07, 6.45) is 3.69. The van der Waals surface area contributed by atoms with Gasteiger partial charge in [-0.25, -0.2) is 0 Å². The van der Waals surface area contributed by atoms with E-state index >= 15 is 0 Å². The highest BCUT2D eigenvalue weighted by Crippen LogP contribution is 2.30. The Kier molecular flexibility index (Phi) is 3.83. The second-order valence-corrected chi connectivity index (χ2v) is 4.91. The number of rotatable bonds is 4. The van der Waals surface area contributed by atoms with E-state index in [9.17, 15) is 0 Å². The smallest absolute Gasteiger partial charge is 0.161 e. The lowest BCUT2D eigenvalue weighted by atomic mass is 10.1. The van der Waals surface area contributed by atoms with Crippen LogP contribution < -0.4 is 14.8 Å². The summed E-state index contributed by atoms with van der Waals surface area (Å²) < 4.78 is 11.6. The van der Waals surface area contributed by atoms with Crippen LogP contribution in [0.5, 0.6) is 11.5 Å². The van der Waals surface area contributed by atoms with Gasteiger partial charge in [0.05, 0.1) is 0 Å². The Morgan fingerprint density at radius 3 is 2.90 bits per heavy atom. The molecule has 1 aromatic carbocycles. The number of para-hydroxylation sites is 2. The van der Waals surface area contributed by atoms with E-state index in [1.165, 1.54) is 5.56 Å². The molecule has 0 aliphatic carbocycles. The topological polar surface area (TPSA) is 43.4 Å². The fraction of sp³-hybridized carbons (Fsp3) is 0.312. The van der Waals surface area contributed by atoms with E-state index in [0.29, 0.717) is 6.61 Å². The van der Waals surface area contributed by atoms with Gasteiger partial charge in [-0.15, -0.1) is 0 Å². The first-order valence-corrected chi connectivity index (χ1v) is 6.85. The number of hydrogen-bond acceptors (Lipinski definition) is 4. The number of nitrogens with one attached hydrogen (secondary N) is 1. The number of hydrogen-bond donors (Lipinski definition) is 1. The van der Waals surface area contributed by atoms with Crippen molar-refractivity contribution in [3.8, 4) is 11.5 Å². The van der Waals surface area contributed by atoms with Gasteiger partial charge in [0.1, 0.15) is 12.7 Å². The van der Waals surface area contributed by atoms with E-state index in [4.69, 9.17) is 9.47 Å².